The molecule has 0 saturated carbocycles. The van der Waals surface area contributed by atoms with Crippen molar-refractivity contribution in [3.05, 3.63) is 108 Å². The lowest BCUT2D eigenvalue weighted by molar-refractivity contribution is -0.137. The van der Waals surface area contributed by atoms with Crippen LogP contribution in [0.5, 0.6) is 11.5 Å². The predicted octanol–water partition coefficient (Wildman–Crippen LogP) is 4.93. The fourth-order valence-electron chi connectivity index (χ4n) is 6.41. The molecule has 0 aliphatic carbocycles. The topological polar surface area (TPSA) is 190 Å². The highest BCUT2D eigenvalue weighted by atomic mass is 16.3. The second-order valence-corrected chi connectivity index (χ2v) is 14.3. The van der Waals surface area contributed by atoms with E-state index in [0.717, 1.165) is 25.0 Å². The first kappa shape index (κ1) is 43.0. The predicted molar refractivity (Wildman–Crippen MR) is 215 cm³/mol. The molecule has 0 aliphatic heterocycles. The van der Waals surface area contributed by atoms with Crippen molar-refractivity contribution in [3.8, 4) is 11.5 Å². The van der Waals surface area contributed by atoms with Crippen molar-refractivity contribution in [3.63, 3.8) is 0 Å². The number of likely N-dealkylation sites (N-methyl/N-ethyl adjacent to an activating group) is 1. The molecule has 6 N–H and O–H groups in total. The lowest BCUT2D eigenvalue weighted by atomic mass is 10.0. The SMILES string of the molecule is CCCCCCCCCCC(=O)N[C@@H](Cc1ccc(O)cc1)C(=O)N[C@@H](Cc1cnc[nH]1)C(=O)N[C@@H](Cc1ccc(O)cc1)C(=O)N(C)CCc1ccccn1. The smallest absolute Gasteiger partial charge is 0.245 e. The Kier molecular flexibility index (Phi) is 17.9. The largest absolute Gasteiger partial charge is 0.508 e. The molecule has 13 nitrogen and oxygen atoms in total. The number of phenolic OH excluding ortho intramolecular Hbond substituents is 2. The summed E-state index contributed by atoms with van der Waals surface area (Å²) in [6.45, 7) is 2.54. The number of carbonyl (C=O) groups excluding carboxylic acids is 4. The number of nitrogens with one attached hydrogen (secondary N) is 4. The van der Waals surface area contributed by atoms with E-state index in [0.29, 0.717) is 36.2 Å². The normalized spacial score (nSPS) is 12.6. The number of aromatic nitrogens is 3. The summed E-state index contributed by atoms with van der Waals surface area (Å²) in [6.07, 6.45) is 14.4. The number of amides is 4. The summed E-state index contributed by atoms with van der Waals surface area (Å²) in [5.74, 6) is -1.64. The number of H-pyrrole nitrogens is 1. The van der Waals surface area contributed by atoms with E-state index >= 15 is 0 Å². The zero-order valence-corrected chi connectivity index (χ0v) is 32.6. The molecule has 4 aromatic rings. The van der Waals surface area contributed by atoms with Crippen LogP contribution in [0.1, 0.15) is 87.2 Å². The second kappa shape index (κ2) is 23.3. The number of aromatic amines is 1. The van der Waals surface area contributed by atoms with Crippen molar-refractivity contribution in [1.29, 1.82) is 0 Å². The molecule has 0 spiro atoms. The van der Waals surface area contributed by atoms with Gasteiger partial charge in [-0.05, 0) is 53.9 Å². The molecule has 0 unspecified atom stereocenters. The summed E-state index contributed by atoms with van der Waals surface area (Å²) in [5, 5.41) is 28.3. The number of rotatable bonds is 24. The molecule has 4 rings (SSSR count). The van der Waals surface area contributed by atoms with Gasteiger partial charge in [-0.15, -0.1) is 0 Å². The highest BCUT2D eigenvalue weighted by Crippen LogP contribution is 2.15. The number of pyridine rings is 1. The molecule has 0 radical (unpaired) electrons. The van der Waals surface area contributed by atoms with Crippen LogP contribution in [0.25, 0.3) is 0 Å². The number of nitrogens with zero attached hydrogens (tertiary/aromatic N) is 3. The number of imidazole rings is 1. The minimum absolute atomic E-state index is 0.0331. The van der Waals surface area contributed by atoms with Gasteiger partial charge in [0, 0.05) is 69.5 Å². The molecule has 0 bridgehead atoms. The maximum absolute atomic E-state index is 14.2. The molecule has 2 heterocycles. The van der Waals surface area contributed by atoms with E-state index in [1.165, 1.54) is 61.2 Å². The van der Waals surface area contributed by atoms with Gasteiger partial charge >= 0.3 is 0 Å². The summed E-state index contributed by atoms with van der Waals surface area (Å²) in [6, 6.07) is 15.2. The van der Waals surface area contributed by atoms with E-state index < -0.39 is 29.9 Å². The Labute approximate surface area is 329 Å². The number of benzene rings is 2. The van der Waals surface area contributed by atoms with Crippen LogP contribution in [-0.4, -0.2) is 85.4 Å². The third-order valence-corrected chi connectivity index (χ3v) is 9.69. The lowest BCUT2D eigenvalue weighted by Gasteiger charge is -2.28. The van der Waals surface area contributed by atoms with E-state index in [1.54, 1.807) is 43.7 Å². The number of phenols is 2. The molecule has 4 amide bonds. The first-order valence-electron chi connectivity index (χ1n) is 19.7. The van der Waals surface area contributed by atoms with Crippen molar-refractivity contribution in [1.82, 2.24) is 35.8 Å². The molecular formula is C43H57N7O6. The van der Waals surface area contributed by atoms with E-state index in [1.807, 2.05) is 18.2 Å². The maximum atomic E-state index is 14.2. The zero-order valence-electron chi connectivity index (χ0n) is 32.6. The molecule has 13 heteroatoms. The highest BCUT2D eigenvalue weighted by molar-refractivity contribution is 5.94. The number of hydrogen-bond donors (Lipinski definition) is 6. The van der Waals surface area contributed by atoms with Crippen LogP contribution < -0.4 is 16.0 Å². The van der Waals surface area contributed by atoms with Gasteiger partial charge in [0.05, 0.1) is 6.33 Å². The maximum Gasteiger partial charge on any atom is 0.245 e. The summed E-state index contributed by atoms with van der Waals surface area (Å²) < 4.78 is 0. The van der Waals surface area contributed by atoms with Gasteiger partial charge in [-0.25, -0.2) is 4.98 Å². The van der Waals surface area contributed by atoms with Crippen LogP contribution >= 0.6 is 0 Å². The first-order valence-corrected chi connectivity index (χ1v) is 19.7. The Bertz CT molecular complexity index is 1770. The number of hydrogen-bond acceptors (Lipinski definition) is 8. The number of aromatic hydroxyl groups is 2. The Morgan fingerprint density at radius 3 is 1.86 bits per heavy atom. The minimum atomic E-state index is -1.15. The van der Waals surface area contributed by atoms with Crippen molar-refractivity contribution in [2.24, 2.45) is 0 Å². The molecule has 2 aromatic carbocycles. The summed E-state index contributed by atoms with van der Waals surface area (Å²) >= 11 is 0. The van der Waals surface area contributed by atoms with Gasteiger partial charge in [0.25, 0.3) is 0 Å². The number of carbonyl (C=O) groups is 4. The van der Waals surface area contributed by atoms with E-state index in [-0.39, 0.29) is 49.0 Å². The van der Waals surface area contributed by atoms with Crippen molar-refractivity contribution < 1.29 is 29.4 Å². The Morgan fingerprint density at radius 2 is 1.29 bits per heavy atom. The van der Waals surface area contributed by atoms with Gasteiger partial charge in [-0.2, -0.15) is 0 Å². The van der Waals surface area contributed by atoms with Crippen LogP contribution in [0.15, 0.2) is 85.5 Å². The van der Waals surface area contributed by atoms with Crippen molar-refractivity contribution in [2.45, 2.75) is 109 Å². The van der Waals surface area contributed by atoms with Gasteiger partial charge in [-0.3, -0.25) is 24.2 Å². The highest BCUT2D eigenvalue weighted by Gasteiger charge is 2.31. The van der Waals surface area contributed by atoms with Crippen LogP contribution in [-0.2, 0) is 44.9 Å². The molecule has 0 fully saturated rings. The van der Waals surface area contributed by atoms with Gasteiger partial charge in [-0.1, -0.05) is 82.2 Å². The van der Waals surface area contributed by atoms with E-state index in [2.05, 4.69) is 37.8 Å². The molecular weight excluding hydrogens is 711 g/mol. The molecule has 0 saturated heterocycles. The van der Waals surface area contributed by atoms with Crippen LogP contribution in [0.4, 0.5) is 0 Å². The minimum Gasteiger partial charge on any atom is -0.508 e. The Morgan fingerprint density at radius 1 is 0.714 bits per heavy atom. The summed E-state index contributed by atoms with van der Waals surface area (Å²) in [4.78, 5) is 68.3. The average Bonchev–Trinajstić information content (AvgIpc) is 3.72. The summed E-state index contributed by atoms with van der Waals surface area (Å²) in [7, 11) is 1.66. The van der Waals surface area contributed by atoms with E-state index in [4.69, 9.17) is 0 Å². The molecule has 56 heavy (non-hydrogen) atoms. The Hall–Kier alpha value is -5.72. The molecule has 0 aliphatic rings. The van der Waals surface area contributed by atoms with Crippen molar-refractivity contribution in [2.75, 3.05) is 13.6 Å². The van der Waals surface area contributed by atoms with Gasteiger partial charge in [0.2, 0.25) is 23.6 Å². The third-order valence-electron chi connectivity index (χ3n) is 9.69. The average molecular weight is 768 g/mol. The van der Waals surface area contributed by atoms with Crippen LogP contribution in [0.3, 0.4) is 0 Å². The third kappa shape index (κ3) is 15.2. The van der Waals surface area contributed by atoms with E-state index in [9.17, 15) is 29.4 Å². The summed E-state index contributed by atoms with van der Waals surface area (Å²) in [5.41, 5.74) is 2.81. The zero-order chi connectivity index (χ0) is 40.1. The van der Waals surface area contributed by atoms with Gasteiger partial charge in [0.15, 0.2) is 0 Å². The standard InChI is InChI=1S/C43H57N7O6/c1-3-4-5-6-7-8-9-10-14-40(53)47-37(26-31-15-19-35(51)20-16-31)41(54)48-38(28-34-29-44-30-46-34)42(55)49-39(27-32-17-21-36(52)22-18-32)43(56)50(2)25-23-33-13-11-12-24-45-33/h11-13,15-22,24,29-30,37-39,51-52H,3-10,14,23,25-28H2,1-2H3,(H,44,46)(H,47,53)(H,48,54)(H,49,55)/t37-,38-,39-/m0/s1. The molecule has 2 aromatic heterocycles. The fraction of sp³-hybridized carbons (Fsp3) is 0.442. The quantitative estimate of drug-likeness (QED) is 0.0542. The lowest BCUT2D eigenvalue weighted by Crippen LogP contribution is -2.58. The first-order chi connectivity index (χ1) is 27.1. The van der Waals surface area contributed by atoms with Crippen LogP contribution in [0.2, 0.25) is 0 Å². The van der Waals surface area contributed by atoms with Gasteiger partial charge in [0.1, 0.15) is 29.6 Å². The monoisotopic (exact) mass is 767 g/mol. The number of unbranched alkanes of at least 4 members (excludes halogenated alkanes) is 7. The molecule has 3 atom stereocenters. The second-order valence-electron chi connectivity index (χ2n) is 14.3. The molecule has 300 valence electrons. The van der Waals surface area contributed by atoms with Crippen molar-refractivity contribution >= 4 is 23.6 Å². The van der Waals surface area contributed by atoms with Gasteiger partial charge < -0.3 is 36.0 Å². The fourth-order valence-corrected chi connectivity index (χ4v) is 6.41. The van der Waals surface area contributed by atoms with Crippen LogP contribution in [0, 0.1) is 0 Å². The Balaban J connectivity index is 1.49.